The Morgan fingerprint density at radius 1 is 0.481 bits per heavy atom. The van der Waals surface area contributed by atoms with Gasteiger partial charge in [-0.3, -0.25) is 0 Å². The number of aromatic nitrogens is 1. The Hall–Kier alpha value is -6.78. The van der Waals surface area contributed by atoms with Gasteiger partial charge in [-0.25, -0.2) is 0 Å². The summed E-state index contributed by atoms with van der Waals surface area (Å²) < 4.78 is 15.0. The average molecular weight is 665 g/mol. The number of nitrogens with zero attached hydrogens (tertiary/aromatic N) is 2. The number of para-hydroxylation sites is 4. The molecule has 0 saturated carbocycles. The van der Waals surface area contributed by atoms with Crippen LogP contribution in [0.25, 0.3) is 88.1 Å². The van der Waals surface area contributed by atoms with Crippen LogP contribution in [0.15, 0.2) is 167 Å². The lowest BCUT2D eigenvalue weighted by Gasteiger charge is -2.40. The van der Waals surface area contributed by atoms with Crippen molar-refractivity contribution < 1.29 is 8.83 Å². The van der Waals surface area contributed by atoms with Gasteiger partial charge in [-0.1, -0.05) is 97.1 Å². The minimum Gasteiger partial charge on any atom is -0.456 e. The summed E-state index contributed by atoms with van der Waals surface area (Å²) in [6.45, 7) is 0. The zero-order chi connectivity index (χ0) is 33.7. The Balaban J connectivity index is 1.09. The van der Waals surface area contributed by atoms with Gasteiger partial charge >= 0.3 is 0 Å². The molecule has 0 fully saturated rings. The maximum absolute atomic E-state index is 6.23. The van der Waals surface area contributed by atoms with E-state index in [9.17, 15) is 0 Å². The molecule has 4 nitrogen and oxygen atoms in total. The van der Waals surface area contributed by atoms with Gasteiger partial charge in [0.1, 0.15) is 22.3 Å². The van der Waals surface area contributed by atoms with Gasteiger partial charge in [0.2, 0.25) is 0 Å². The van der Waals surface area contributed by atoms with Crippen LogP contribution in [0.1, 0.15) is 17.0 Å². The monoisotopic (exact) mass is 664 g/mol. The van der Waals surface area contributed by atoms with E-state index in [-0.39, 0.29) is 12.0 Å². The van der Waals surface area contributed by atoms with Crippen LogP contribution < -0.4 is 4.90 Å². The average Bonchev–Trinajstić information content (AvgIpc) is 3.95. The Labute approximate surface area is 297 Å². The second kappa shape index (κ2) is 9.51. The molecule has 0 amide bonds. The van der Waals surface area contributed by atoms with Crippen molar-refractivity contribution in [3.8, 4) is 11.1 Å². The van der Waals surface area contributed by atoms with Gasteiger partial charge in [0.25, 0.3) is 0 Å². The van der Waals surface area contributed by atoms with Crippen molar-refractivity contribution in [1.82, 2.24) is 4.57 Å². The molecule has 0 bridgehead atoms. The molecule has 10 aromatic rings. The minimum atomic E-state index is 0.111. The molecule has 0 N–H and O–H groups in total. The van der Waals surface area contributed by atoms with Crippen LogP contribution in [0, 0.1) is 0 Å². The zero-order valence-electron chi connectivity index (χ0n) is 27.9. The van der Waals surface area contributed by atoms with Gasteiger partial charge in [-0.2, -0.15) is 0 Å². The summed E-state index contributed by atoms with van der Waals surface area (Å²) >= 11 is 0. The SMILES string of the molecule is C1=C(c2ccc3oc4ccccc4c3c2)C2c3ccccc3N3c4ccc(-c5ccc6oc7ccccc7c6c5)c5c6ccccc6n(c45)C(=C1)C23. The van der Waals surface area contributed by atoms with Crippen molar-refractivity contribution >= 4 is 88.3 Å². The Morgan fingerprint density at radius 3 is 1.90 bits per heavy atom. The highest BCUT2D eigenvalue weighted by Crippen LogP contribution is 2.60. The molecule has 3 aromatic heterocycles. The van der Waals surface area contributed by atoms with E-state index < -0.39 is 0 Å². The number of benzene rings is 7. The first-order valence-electron chi connectivity index (χ1n) is 18.0. The molecule has 52 heavy (non-hydrogen) atoms. The van der Waals surface area contributed by atoms with Gasteiger partial charge in [0.05, 0.1) is 22.8 Å². The predicted molar refractivity (Wildman–Crippen MR) is 213 cm³/mol. The van der Waals surface area contributed by atoms with Gasteiger partial charge in [-0.15, -0.1) is 0 Å². The standard InChI is InChI=1S/C48H28N2O2/c1-5-13-37-33(11-1)45-29(27-17-23-43-35(25-27)31-9-3-7-15-41(31)51-43)19-21-39-47(45)49(37)40-22-20-30(46-34-12-2-6-14-38(34)50(39)48(40)46)28-18-24-44-36(26-28)32-10-4-8-16-42(32)52-44/h1-26,45,47H. The van der Waals surface area contributed by atoms with Gasteiger partial charge < -0.3 is 18.3 Å². The van der Waals surface area contributed by atoms with Crippen LogP contribution in [-0.2, 0) is 0 Å². The van der Waals surface area contributed by atoms with Crippen molar-refractivity contribution in [2.24, 2.45) is 0 Å². The third-order valence-corrected chi connectivity index (χ3v) is 11.9. The zero-order valence-corrected chi connectivity index (χ0v) is 27.9. The quantitative estimate of drug-likeness (QED) is 0.184. The third kappa shape index (κ3) is 3.28. The largest absolute Gasteiger partial charge is 0.456 e. The molecule has 242 valence electrons. The summed E-state index contributed by atoms with van der Waals surface area (Å²) in [5, 5.41) is 7.16. The number of anilines is 2. The molecule has 4 heteroatoms. The number of furan rings is 2. The van der Waals surface area contributed by atoms with Crippen molar-refractivity contribution in [3.05, 3.63) is 169 Å². The molecule has 0 radical (unpaired) electrons. The van der Waals surface area contributed by atoms with Gasteiger partial charge in [0, 0.05) is 49.6 Å². The molecule has 2 aliphatic heterocycles. The number of fused-ring (bicyclic) bond motifs is 14. The molecule has 3 aliphatic rings. The maximum Gasteiger partial charge on any atom is 0.135 e. The molecule has 2 atom stereocenters. The first-order chi connectivity index (χ1) is 25.8. The molecule has 1 aliphatic carbocycles. The van der Waals surface area contributed by atoms with Crippen molar-refractivity contribution in [3.63, 3.8) is 0 Å². The summed E-state index contributed by atoms with van der Waals surface area (Å²) in [7, 11) is 0. The maximum atomic E-state index is 6.23. The lowest BCUT2D eigenvalue weighted by atomic mass is 9.78. The van der Waals surface area contributed by atoms with E-state index in [0.29, 0.717) is 0 Å². The molecule has 13 rings (SSSR count). The van der Waals surface area contributed by atoms with E-state index in [1.807, 2.05) is 12.1 Å². The van der Waals surface area contributed by atoms with Crippen LogP contribution in [0.3, 0.4) is 0 Å². The molecule has 0 saturated heterocycles. The van der Waals surface area contributed by atoms with E-state index in [2.05, 4.69) is 155 Å². The van der Waals surface area contributed by atoms with Gasteiger partial charge in [-0.05, 0) is 88.5 Å². The van der Waals surface area contributed by atoms with Crippen molar-refractivity contribution in [2.45, 2.75) is 12.0 Å². The summed E-state index contributed by atoms with van der Waals surface area (Å²) in [5.74, 6) is 0.160. The summed E-state index contributed by atoms with van der Waals surface area (Å²) in [5.41, 5.74) is 16.4. The summed E-state index contributed by atoms with van der Waals surface area (Å²) in [6, 6.07) is 52.9. The van der Waals surface area contributed by atoms with Crippen LogP contribution in [-0.4, -0.2) is 10.6 Å². The predicted octanol–water partition coefficient (Wildman–Crippen LogP) is 12.8. The van der Waals surface area contributed by atoms with E-state index in [1.165, 1.54) is 66.7 Å². The van der Waals surface area contributed by atoms with E-state index in [1.54, 1.807) is 0 Å². The molecule has 0 spiro atoms. The fraction of sp³-hybridized carbons (Fsp3) is 0.0417. The topological polar surface area (TPSA) is 34.5 Å². The molecular weight excluding hydrogens is 637 g/mol. The third-order valence-electron chi connectivity index (χ3n) is 11.9. The number of rotatable bonds is 2. The molecule has 5 heterocycles. The van der Waals surface area contributed by atoms with Gasteiger partial charge in [0.15, 0.2) is 0 Å². The first kappa shape index (κ1) is 27.0. The fourth-order valence-electron chi connectivity index (χ4n) is 9.80. The summed E-state index contributed by atoms with van der Waals surface area (Å²) in [4.78, 5) is 2.63. The van der Waals surface area contributed by atoms with Crippen LogP contribution >= 0.6 is 0 Å². The highest BCUT2D eigenvalue weighted by molar-refractivity contribution is 6.22. The van der Waals surface area contributed by atoms with E-state index >= 15 is 0 Å². The first-order valence-corrected chi connectivity index (χ1v) is 18.0. The highest BCUT2D eigenvalue weighted by Gasteiger charge is 2.48. The second-order valence-electron chi connectivity index (χ2n) is 14.4. The number of allylic oxidation sites excluding steroid dienone is 2. The highest BCUT2D eigenvalue weighted by atomic mass is 16.3. The van der Waals surface area contributed by atoms with Crippen LogP contribution in [0.2, 0.25) is 0 Å². The van der Waals surface area contributed by atoms with Crippen molar-refractivity contribution in [2.75, 3.05) is 4.90 Å². The number of hydrogen-bond donors (Lipinski definition) is 0. The Kier molecular flexibility index (Phi) is 4.94. The fourth-order valence-corrected chi connectivity index (χ4v) is 9.80. The minimum absolute atomic E-state index is 0.111. The number of hydrogen-bond acceptors (Lipinski definition) is 3. The van der Waals surface area contributed by atoms with Crippen molar-refractivity contribution in [1.29, 1.82) is 0 Å². The van der Waals surface area contributed by atoms with E-state index in [4.69, 9.17) is 8.83 Å². The normalized spacial score (nSPS) is 17.4. The molecular formula is C48H28N2O2. The second-order valence-corrected chi connectivity index (χ2v) is 14.4. The smallest absolute Gasteiger partial charge is 0.135 e. The van der Waals surface area contributed by atoms with Crippen LogP contribution in [0.5, 0.6) is 0 Å². The van der Waals surface area contributed by atoms with E-state index in [0.717, 1.165) is 43.9 Å². The lowest BCUT2D eigenvalue weighted by molar-refractivity contribution is 0.668. The lowest BCUT2D eigenvalue weighted by Crippen LogP contribution is -2.38. The summed E-state index contributed by atoms with van der Waals surface area (Å²) in [6.07, 6.45) is 4.77. The molecule has 2 unspecified atom stereocenters. The Morgan fingerprint density at radius 2 is 1.12 bits per heavy atom. The Bertz CT molecular complexity index is 3280. The van der Waals surface area contributed by atoms with Crippen LogP contribution in [0.4, 0.5) is 11.4 Å². The molecule has 7 aromatic carbocycles.